The van der Waals surface area contributed by atoms with Gasteiger partial charge < -0.3 is 19.5 Å². The summed E-state index contributed by atoms with van der Waals surface area (Å²) in [7, 11) is 4.46. The molecule has 1 N–H and O–H groups in total. The molecule has 2 aromatic rings. The second kappa shape index (κ2) is 9.46. The Morgan fingerprint density at radius 1 is 0.923 bits per heavy atom. The van der Waals surface area contributed by atoms with Crippen molar-refractivity contribution in [2.45, 2.75) is 12.8 Å². The lowest BCUT2D eigenvalue weighted by atomic mass is 10.1. The summed E-state index contributed by atoms with van der Waals surface area (Å²) in [5, 5.41) is 2.65. The molecule has 0 saturated carbocycles. The van der Waals surface area contributed by atoms with Crippen molar-refractivity contribution in [2.24, 2.45) is 0 Å². The Labute approximate surface area is 153 Å². The molecule has 0 radical (unpaired) electrons. The molecule has 26 heavy (non-hydrogen) atoms. The Bertz CT molecular complexity index is 733. The molecule has 0 atom stereocenters. The predicted octanol–water partition coefficient (Wildman–Crippen LogP) is 2.64. The van der Waals surface area contributed by atoms with E-state index in [1.54, 1.807) is 12.1 Å². The average molecular weight is 357 g/mol. The van der Waals surface area contributed by atoms with Crippen molar-refractivity contribution < 1.29 is 23.8 Å². The van der Waals surface area contributed by atoms with Gasteiger partial charge >= 0.3 is 0 Å². The third-order valence-electron chi connectivity index (χ3n) is 3.92. The largest absolute Gasteiger partial charge is 0.493 e. The van der Waals surface area contributed by atoms with Crippen molar-refractivity contribution in [3.8, 4) is 17.2 Å². The summed E-state index contributed by atoms with van der Waals surface area (Å²) >= 11 is 0. The highest BCUT2D eigenvalue weighted by molar-refractivity contribution is 6.00. The second-order valence-electron chi connectivity index (χ2n) is 5.60. The number of aryl methyl sites for hydroxylation is 1. The molecule has 0 aliphatic heterocycles. The number of ether oxygens (including phenoxy) is 3. The highest BCUT2D eigenvalue weighted by Gasteiger charge is 2.17. The van der Waals surface area contributed by atoms with Crippen LogP contribution in [0.25, 0.3) is 0 Å². The minimum atomic E-state index is -0.239. The molecule has 6 heteroatoms. The molecule has 0 aromatic heterocycles. The van der Waals surface area contributed by atoms with Gasteiger partial charge in [-0.05, 0) is 24.1 Å². The lowest BCUT2D eigenvalue weighted by molar-refractivity contribution is -0.120. The van der Waals surface area contributed by atoms with Gasteiger partial charge in [-0.1, -0.05) is 30.3 Å². The summed E-state index contributed by atoms with van der Waals surface area (Å²) in [5.41, 5.74) is 1.46. The molecule has 0 saturated heterocycles. The molecule has 0 bridgehead atoms. The zero-order chi connectivity index (χ0) is 18.9. The molecule has 6 nitrogen and oxygen atoms in total. The Balaban J connectivity index is 1.95. The molecule has 0 unspecified atom stereocenters. The summed E-state index contributed by atoms with van der Waals surface area (Å²) in [6.45, 7) is -0.0910. The lowest BCUT2D eigenvalue weighted by Crippen LogP contribution is -2.29. The van der Waals surface area contributed by atoms with E-state index >= 15 is 0 Å². The van der Waals surface area contributed by atoms with Gasteiger partial charge in [0, 0.05) is 12.0 Å². The van der Waals surface area contributed by atoms with Crippen molar-refractivity contribution in [2.75, 3.05) is 27.9 Å². The highest BCUT2D eigenvalue weighted by atomic mass is 16.5. The number of Topliss-reactive ketones (excluding diaryl/α,β-unsaturated/α-hetero) is 1. The van der Waals surface area contributed by atoms with Crippen molar-refractivity contribution in [3.05, 3.63) is 53.6 Å². The molecule has 0 aliphatic rings. The smallest absolute Gasteiger partial charge is 0.220 e. The van der Waals surface area contributed by atoms with Crippen molar-refractivity contribution in [1.29, 1.82) is 0 Å². The first-order chi connectivity index (χ1) is 12.6. The zero-order valence-electron chi connectivity index (χ0n) is 15.2. The van der Waals surface area contributed by atoms with Gasteiger partial charge in [0.25, 0.3) is 0 Å². The highest BCUT2D eigenvalue weighted by Crippen LogP contribution is 2.38. The molecular formula is C20H23NO5. The molecule has 138 valence electrons. The maximum Gasteiger partial charge on any atom is 0.220 e. The van der Waals surface area contributed by atoms with Crippen molar-refractivity contribution >= 4 is 11.7 Å². The summed E-state index contributed by atoms with van der Waals surface area (Å²) in [4.78, 5) is 24.4. The molecule has 1 amide bonds. The van der Waals surface area contributed by atoms with E-state index in [-0.39, 0.29) is 18.2 Å². The summed E-state index contributed by atoms with van der Waals surface area (Å²) in [6, 6.07) is 12.9. The fraction of sp³-hybridized carbons (Fsp3) is 0.300. The van der Waals surface area contributed by atoms with Crippen LogP contribution in [0.2, 0.25) is 0 Å². The number of nitrogens with one attached hydrogen (secondary N) is 1. The van der Waals surface area contributed by atoms with Crippen molar-refractivity contribution in [3.63, 3.8) is 0 Å². The quantitative estimate of drug-likeness (QED) is 0.699. The number of benzene rings is 2. The molecule has 0 heterocycles. The molecule has 2 rings (SSSR count). The molecule has 0 spiro atoms. The van der Waals surface area contributed by atoms with Gasteiger partial charge in [0.1, 0.15) is 0 Å². The van der Waals surface area contributed by atoms with Crippen LogP contribution < -0.4 is 19.5 Å². The maximum absolute atomic E-state index is 12.4. The van der Waals surface area contributed by atoms with Gasteiger partial charge in [-0.2, -0.15) is 0 Å². The van der Waals surface area contributed by atoms with Gasteiger partial charge in [-0.25, -0.2) is 0 Å². The third kappa shape index (κ3) is 4.99. The summed E-state index contributed by atoms with van der Waals surface area (Å²) < 4.78 is 15.7. The number of carbonyl (C=O) groups is 2. The van der Waals surface area contributed by atoms with Crippen LogP contribution in [0.5, 0.6) is 17.2 Å². The van der Waals surface area contributed by atoms with E-state index in [1.807, 2.05) is 30.3 Å². The van der Waals surface area contributed by atoms with Crippen molar-refractivity contribution in [1.82, 2.24) is 5.32 Å². The monoisotopic (exact) mass is 357 g/mol. The molecule has 2 aromatic carbocycles. The van der Waals surface area contributed by atoms with Crippen LogP contribution in [0.15, 0.2) is 42.5 Å². The molecule has 0 fully saturated rings. The van der Waals surface area contributed by atoms with Crippen LogP contribution in [-0.4, -0.2) is 39.6 Å². The first kappa shape index (κ1) is 19.3. The Hall–Kier alpha value is -3.02. The number of rotatable bonds is 9. The van der Waals surface area contributed by atoms with E-state index in [0.29, 0.717) is 35.7 Å². The first-order valence-electron chi connectivity index (χ1n) is 8.22. The number of ketones is 1. The zero-order valence-corrected chi connectivity index (χ0v) is 15.2. The van der Waals surface area contributed by atoms with Gasteiger partial charge in [-0.15, -0.1) is 0 Å². The normalized spacial score (nSPS) is 10.1. The van der Waals surface area contributed by atoms with E-state index in [2.05, 4.69) is 5.32 Å². The minimum Gasteiger partial charge on any atom is -0.493 e. The summed E-state index contributed by atoms with van der Waals surface area (Å²) in [5.74, 6) is 0.793. The number of amides is 1. The fourth-order valence-electron chi connectivity index (χ4n) is 2.51. The third-order valence-corrected chi connectivity index (χ3v) is 3.92. The van der Waals surface area contributed by atoms with E-state index in [1.165, 1.54) is 21.3 Å². The standard InChI is InChI=1S/C20H23NO5/c1-24-17-11-15(12-18(25-2)20(17)26-3)16(22)13-21-19(23)10-9-14-7-5-4-6-8-14/h4-8,11-12H,9-10,13H2,1-3H3,(H,21,23). The Morgan fingerprint density at radius 3 is 2.08 bits per heavy atom. The van der Waals surface area contributed by atoms with Gasteiger partial charge in [-0.3, -0.25) is 9.59 Å². The lowest BCUT2D eigenvalue weighted by Gasteiger charge is -2.14. The fourth-order valence-corrected chi connectivity index (χ4v) is 2.51. The van der Waals surface area contributed by atoms with Gasteiger partial charge in [0.2, 0.25) is 11.7 Å². The van der Waals surface area contributed by atoms with Crippen LogP contribution in [0.1, 0.15) is 22.3 Å². The maximum atomic E-state index is 12.4. The van der Waals surface area contributed by atoms with E-state index in [9.17, 15) is 9.59 Å². The van der Waals surface area contributed by atoms with E-state index < -0.39 is 0 Å². The Kier molecular flexibility index (Phi) is 7.02. The van der Waals surface area contributed by atoms with Gasteiger partial charge in [0.15, 0.2) is 17.3 Å². The van der Waals surface area contributed by atoms with Crippen LogP contribution in [0.4, 0.5) is 0 Å². The number of methoxy groups -OCH3 is 3. The second-order valence-corrected chi connectivity index (χ2v) is 5.60. The van der Waals surface area contributed by atoms with E-state index in [0.717, 1.165) is 5.56 Å². The van der Waals surface area contributed by atoms with Crippen LogP contribution in [-0.2, 0) is 11.2 Å². The topological polar surface area (TPSA) is 73.9 Å². The SMILES string of the molecule is COc1cc(C(=O)CNC(=O)CCc2ccccc2)cc(OC)c1OC. The first-order valence-corrected chi connectivity index (χ1v) is 8.22. The molecule has 0 aliphatic carbocycles. The Morgan fingerprint density at radius 2 is 1.54 bits per heavy atom. The number of hydrogen-bond acceptors (Lipinski definition) is 5. The predicted molar refractivity (Wildman–Crippen MR) is 98.2 cm³/mol. The van der Waals surface area contributed by atoms with Crippen LogP contribution in [0, 0.1) is 0 Å². The number of hydrogen-bond donors (Lipinski definition) is 1. The number of carbonyl (C=O) groups excluding carboxylic acids is 2. The van der Waals surface area contributed by atoms with Gasteiger partial charge in [0.05, 0.1) is 27.9 Å². The summed E-state index contributed by atoms with van der Waals surface area (Å²) in [6.07, 6.45) is 0.956. The van der Waals surface area contributed by atoms with Crippen LogP contribution in [0.3, 0.4) is 0 Å². The van der Waals surface area contributed by atoms with Crippen LogP contribution >= 0.6 is 0 Å². The van der Waals surface area contributed by atoms with E-state index in [4.69, 9.17) is 14.2 Å². The average Bonchev–Trinajstić information content (AvgIpc) is 2.69. The minimum absolute atomic E-state index is 0.0910. The molecular weight excluding hydrogens is 334 g/mol.